The maximum absolute atomic E-state index is 2.47. The molecule has 0 aromatic heterocycles. The first-order chi connectivity index (χ1) is 6.45. The van der Waals surface area contributed by atoms with Crippen LogP contribution in [0.4, 0.5) is 0 Å². The lowest BCUT2D eigenvalue weighted by Gasteiger charge is -2.15. The van der Waals surface area contributed by atoms with Gasteiger partial charge in [0, 0.05) is 0 Å². The Balaban J connectivity index is 1.72. The van der Waals surface area contributed by atoms with E-state index in [0.717, 1.165) is 5.92 Å². The summed E-state index contributed by atoms with van der Waals surface area (Å²) in [5.41, 5.74) is 1.61. The van der Waals surface area contributed by atoms with E-state index in [1.807, 2.05) is 0 Å². The van der Waals surface area contributed by atoms with Crippen molar-refractivity contribution in [1.29, 1.82) is 0 Å². The Labute approximate surface area is 81.7 Å². The summed E-state index contributed by atoms with van der Waals surface area (Å²) in [5, 5.41) is 0. The van der Waals surface area contributed by atoms with Crippen molar-refractivity contribution in [3.63, 3.8) is 0 Å². The van der Waals surface area contributed by atoms with Crippen molar-refractivity contribution in [2.45, 2.75) is 44.9 Å². The van der Waals surface area contributed by atoms with E-state index in [1.165, 1.54) is 44.9 Å². The van der Waals surface area contributed by atoms with Gasteiger partial charge in [-0.15, -0.1) is 0 Å². The van der Waals surface area contributed by atoms with Gasteiger partial charge in [0.15, 0.2) is 0 Å². The first kappa shape index (κ1) is 9.05. The Morgan fingerprint density at radius 1 is 1.31 bits per heavy atom. The molecule has 1 radical (unpaired) electrons. The fourth-order valence-corrected chi connectivity index (χ4v) is 2.26. The van der Waals surface area contributed by atoms with Gasteiger partial charge in [0.2, 0.25) is 0 Å². The van der Waals surface area contributed by atoms with Crippen molar-refractivity contribution in [3.05, 3.63) is 30.2 Å². The van der Waals surface area contributed by atoms with E-state index in [9.17, 15) is 0 Å². The van der Waals surface area contributed by atoms with Gasteiger partial charge in [0.05, 0.1) is 0 Å². The van der Waals surface area contributed by atoms with Gasteiger partial charge >= 0.3 is 0 Å². The van der Waals surface area contributed by atoms with E-state index in [4.69, 9.17) is 0 Å². The van der Waals surface area contributed by atoms with Crippen molar-refractivity contribution in [1.82, 2.24) is 0 Å². The maximum Gasteiger partial charge on any atom is -0.0132 e. The van der Waals surface area contributed by atoms with E-state index < -0.39 is 0 Å². The standard InChI is InChI=1S/C13H19/c1-2-6-12(7-3-1)10-11-13-8-4-5-9-13/h2,6,8,11-12H,1,3-5,7,9-10H2. The smallest absolute Gasteiger partial charge is 0.0132 e. The number of hydrogen-bond donors (Lipinski definition) is 0. The summed E-state index contributed by atoms with van der Waals surface area (Å²) < 4.78 is 0. The molecule has 0 N–H and O–H groups in total. The lowest BCUT2D eigenvalue weighted by molar-refractivity contribution is 0.535. The van der Waals surface area contributed by atoms with Crippen molar-refractivity contribution in [2.24, 2.45) is 5.92 Å². The van der Waals surface area contributed by atoms with Gasteiger partial charge in [-0.3, -0.25) is 0 Å². The highest BCUT2D eigenvalue weighted by Crippen LogP contribution is 2.26. The van der Waals surface area contributed by atoms with E-state index in [2.05, 4.69) is 24.6 Å². The first-order valence-corrected chi connectivity index (χ1v) is 5.64. The first-order valence-electron chi connectivity index (χ1n) is 5.64. The van der Waals surface area contributed by atoms with Crippen LogP contribution in [-0.2, 0) is 0 Å². The fourth-order valence-electron chi connectivity index (χ4n) is 2.26. The molecule has 2 aliphatic rings. The predicted octanol–water partition coefficient (Wildman–Crippen LogP) is 4.05. The second kappa shape index (κ2) is 4.64. The molecule has 0 amide bonds. The molecule has 0 fully saturated rings. The van der Waals surface area contributed by atoms with Crippen LogP contribution in [-0.4, -0.2) is 0 Å². The Kier molecular flexibility index (Phi) is 3.23. The van der Waals surface area contributed by atoms with Gasteiger partial charge in [-0.2, -0.15) is 0 Å². The van der Waals surface area contributed by atoms with Crippen LogP contribution in [0.25, 0.3) is 0 Å². The molecule has 1 unspecified atom stereocenters. The second-order valence-electron chi connectivity index (χ2n) is 4.23. The number of allylic oxidation sites excluding steroid dienone is 4. The number of hydrogen-bond acceptors (Lipinski definition) is 0. The van der Waals surface area contributed by atoms with E-state index in [0.29, 0.717) is 0 Å². The molecule has 0 saturated carbocycles. The SMILES string of the molecule is [CH](CC1C=CCCC1)C1=CCCC1. The van der Waals surface area contributed by atoms with Crippen LogP contribution in [0.5, 0.6) is 0 Å². The molecule has 0 aliphatic heterocycles. The summed E-state index contributed by atoms with van der Waals surface area (Å²) in [6.07, 6.45) is 19.0. The zero-order chi connectivity index (χ0) is 8.93. The molecule has 13 heavy (non-hydrogen) atoms. The minimum absolute atomic E-state index is 0.843. The van der Waals surface area contributed by atoms with Crippen LogP contribution in [0.15, 0.2) is 23.8 Å². The lowest BCUT2D eigenvalue weighted by Crippen LogP contribution is -2.01. The van der Waals surface area contributed by atoms with Gasteiger partial charge in [0.25, 0.3) is 0 Å². The zero-order valence-corrected chi connectivity index (χ0v) is 8.34. The molecule has 0 saturated heterocycles. The molecule has 1 atom stereocenters. The predicted molar refractivity (Wildman–Crippen MR) is 57.3 cm³/mol. The fraction of sp³-hybridized carbons (Fsp3) is 0.615. The van der Waals surface area contributed by atoms with Crippen LogP contribution in [0, 0.1) is 12.3 Å². The molecule has 0 nitrogen and oxygen atoms in total. The van der Waals surface area contributed by atoms with Crippen molar-refractivity contribution < 1.29 is 0 Å². The molecular formula is C13H19. The van der Waals surface area contributed by atoms with Gasteiger partial charge < -0.3 is 0 Å². The normalized spacial score (nSPS) is 27.7. The van der Waals surface area contributed by atoms with E-state index >= 15 is 0 Å². The minimum Gasteiger partial charge on any atom is -0.0883 e. The molecule has 2 aliphatic carbocycles. The van der Waals surface area contributed by atoms with Crippen LogP contribution in [0.2, 0.25) is 0 Å². The third-order valence-electron chi connectivity index (χ3n) is 3.11. The molecule has 0 heteroatoms. The second-order valence-corrected chi connectivity index (χ2v) is 4.23. The van der Waals surface area contributed by atoms with E-state index in [1.54, 1.807) is 5.57 Å². The maximum atomic E-state index is 2.47. The average molecular weight is 175 g/mol. The van der Waals surface area contributed by atoms with Crippen molar-refractivity contribution >= 4 is 0 Å². The average Bonchev–Trinajstić information content (AvgIpc) is 2.69. The summed E-state index contributed by atoms with van der Waals surface area (Å²) in [7, 11) is 0. The van der Waals surface area contributed by atoms with Gasteiger partial charge in [-0.25, -0.2) is 0 Å². The largest absolute Gasteiger partial charge is 0.0883 e. The Bertz CT molecular complexity index is 210. The molecule has 71 valence electrons. The molecule has 0 spiro atoms. The van der Waals surface area contributed by atoms with Gasteiger partial charge in [-0.1, -0.05) is 23.8 Å². The summed E-state index contributed by atoms with van der Waals surface area (Å²) in [6.45, 7) is 0. The lowest BCUT2D eigenvalue weighted by atomic mass is 9.90. The monoisotopic (exact) mass is 175 g/mol. The summed E-state index contributed by atoms with van der Waals surface area (Å²) in [6, 6.07) is 0. The molecule has 2 rings (SSSR count). The third kappa shape index (κ3) is 2.72. The van der Waals surface area contributed by atoms with Crippen LogP contribution in [0.1, 0.15) is 44.9 Å². The third-order valence-corrected chi connectivity index (χ3v) is 3.11. The van der Waals surface area contributed by atoms with Crippen molar-refractivity contribution in [3.8, 4) is 0 Å². The highest BCUT2D eigenvalue weighted by atomic mass is 14.2. The van der Waals surface area contributed by atoms with E-state index in [-0.39, 0.29) is 0 Å². The highest BCUT2D eigenvalue weighted by molar-refractivity contribution is 5.18. The quantitative estimate of drug-likeness (QED) is 0.568. The summed E-state index contributed by atoms with van der Waals surface area (Å²) >= 11 is 0. The van der Waals surface area contributed by atoms with Gasteiger partial charge in [0.1, 0.15) is 0 Å². The molecule has 0 aromatic rings. The molecule has 0 heterocycles. The minimum atomic E-state index is 0.843. The van der Waals surface area contributed by atoms with Gasteiger partial charge in [-0.05, 0) is 57.3 Å². The van der Waals surface area contributed by atoms with Crippen LogP contribution in [0.3, 0.4) is 0 Å². The Morgan fingerprint density at radius 3 is 3.00 bits per heavy atom. The summed E-state index contributed by atoms with van der Waals surface area (Å²) in [5.74, 6) is 0.843. The zero-order valence-electron chi connectivity index (χ0n) is 8.34. The number of rotatable bonds is 3. The van der Waals surface area contributed by atoms with Crippen LogP contribution < -0.4 is 0 Å². The molecular weight excluding hydrogens is 156 g/mol. The highest BCUT2D eigenvalue weighted by Gasteiger charge is 2.10. The Hall–Kier alpha value is -0.520. The van der Waals surface area contributed by atoms with Crippen LogP contribution >= 0.6 is 0 Å². The Morgan fingerprint density at radius 2 is 2.31 bits per heavy atom. The topological polar surface area (TPSA) is 0 Å². The molecule has 0 bridgehead atoms. The van der Waals surface area contributed by atoms with Crippen molar-refractivity contribution in [2.75, 3.05) is 0 Å². The molecule has 0 aromatic carbocycles. The summed E-state index contributed by atoms with van der Waals surface area (Å²) in [4.78, 5) is 0.